The predicted molar refractivity (Wildman–Crippen MR) is 119 cm³/mol. The van der Waals surface area contributed by atoms with E-state index in [1.807, 2.05) is 27.8 Å². The van der Waals surface area contributed by atoms with Crippen LogP contribution in [0, 0.1) is 13.8 Å². The van der Waals surface area contributed by atoms with Crippen molar-refractivity contribution >= 4 is 39.6 Å². The topological polar surface area (TPSA) is 87.2 Å². The number of aromatic nitrogens is 2. The zero-order valence-corrected chi connectivity index (χ0v) is 18.7. The van der Waals surface area contributed by atoms with E-state index in [1.165, 1.54) is 17.6 Å². The lowest BCUT2D eigenvalue weighted by Gasteiger charge is -2.40. The number of nitrogens with one attached hydrogen (secondary N) is 2. The molecule has 1 spiro atoms. The van der Waals surface area contributed by atoms with Crippen LogP contribution in [0.2, 0.25) is 0 Å². The van der Waals surface area contributed by atoms with Gasteiger partial charge < -0.3 is 15.5 Å². The number of fused-ring (bicyclic) bond motifs is 1. The van der Waals surface area contributed by atoms with Gasteiger partial charge in [0.2, 0.25) is 0 Å². The first kappa shape index (κ1) is 20.5. The molecule has 2 aromatic rings. The molecule has 2 aromatic heterocycles. The Balaban J connectivity index is 1.68. The molecular weight excluding hydrogens is 398 g/mol. The van der Waals surface area contributed by atoms with E-state index in [0.29, 0.717) is 17.2 Å². The molecule has 8 heteroatoms. The molecule has 3 heterocycles. The zero-order valence-electron chi connectivity index (χ0n) is 17.8. The van der Waals surface area contributed by atoms with E-state index in [1.54, 1.807) is 17.4 Å². The minimum absolute atomic E-state index is 0.0767. The van der Waals surface area contributed by atoms with Crippen LogP contribution in [0.3, 0.4) is 0 Å². The fourth-order valence-corrected chi connectivity index (χ4v) is 5.57. The summed E-state index contributed by atoms with van der Waals surface area (Å²) in [7, 11) is 1.97. The van der Waals surface area contributed by atoms with Crippen LogP contribution in [0.15, 0.2) is 29.4 Å². The molecule has 158 valence electrons. The lowest BCUT2D eigenvalue weighted by atomic mass is 9.88. The number of anilines is 1. The SMILES string of the molecule is CC(/C=C(\C=O)Nc1ncnc2sc(C)c(C)c12)=C1\C(=O)NC2(CCCCC2)N1C. The Labute approximate surface area is 180 Å². The van der Waals surface area contributed by atoms with Crippen LogP contribution in [-0.4, -0.2) is 39.8 Å². The van der Waals surface area contributed by atoms with Gasteiger partial charge in [0.25, 0.3) is 5.91 Å². The van der Waals surface area contributed by atoms with E-state index in [2.05, 4.69) is 25.5 Å². The Hall–Kier alpha value is -2.74. The van der Waals surface area contributed by atoms with Crippen LogP contribution in [0.4, 0.5) is 5.82 Å². The van der Waals surface area contributed by atoms with Crippen LogP contribution < -0.4 is 10.6 Å². The molecule has 2 N–H and O–H groups in total. The van der Waals surface area contributed by atoms with E-state index in [0.717, 1.165) is 53.3 Å². The van der Waals surface area contributed by atoms with Crippen molar-refractivity contribution in [1.29, 1.82) is 0 Å². The third-order valence-corrected chi connectivity index (χ3v) is 7.44. The molecule has 7 nitrogen and oxygen atoms in total. The number of rotatable bonds is 4. The fourth-order valence-electron chi connectivity index (χ4n) is 4.58. The minimum Gasteiger partial charge on any atom is -0.347 e. The highest BCUT2D eigenvalue weighted by Gasteiger charge is 2.46. The van der Waals surface area contributed by atoms with Gasteiger partial charge >= 0.3 is 0 Å². The van der Waals surface area contributed by atoms with Gasteiger partial charge in [-0.05, 0) is 63.7 Å². The summed E-state index contributed by atoms with van der Waals surface area (Å²) in [6.45, 7) is 5.95. The molecule has 4 rings (SSSR count). The quantitative estimate of drug-likeness (QED) is 0.572. The second kappa shape index (κ2) is 7.83. The second-order valence-corrected chi connectivity index (χ2v) is 9.37. The summed E-state index contributed by atoms with van der Waals surface area (Å²) in [4.78, 5) is 37.4. The van der Waals surface area contributed by atoms with Gasteiger partial charge in [0.05, 0.1) is 11.1 Å². The summed E-state index contributed by atoms with van der Waals surface area (Å²) in [6.07, 6.45) is 9.30. The summed E-state index contributed by atoms with van der Waals surface area (Å²) < 4.78 is 0. The number of aryl methyl sites for hydroxylation is 2. The van der Waals surface area contributed by atoms with Crippen LogP contribution in [0.25, 0.3) is 10.2 Å². The molecule has 0 radical (unpaired) electrons. The van der Waals surface area contributed by atoms with E-state index in [4.69, 9.17) is 0 Å². The monoisotopic (exact) mass is 425 g/mol. The predicted octanol–water partition coefficient (Wildman–Crippen LogP) is 3.80. The number of amides is 1. The van der Waals surface area contributed by atoms with Gasteiger partial charge in [-0.15, -0.1) is 11.3 Å². The van der Waals surface area contributed by atoms with E-state index in [-0.39, 0.29) is 11.6 Å². The molecule has 30 heavy (non-hydrogen) atoms. The molecule has 1 aliphatic heterocycles. The highest BCUT2D eigenvalue weighted by Crippen LogP contribution is 2.38. The maximum absolute atomic E-state index is 12.8. The second-order valence-electron chi connectivity index (χ2n) is 8.17. The van der Waals surface area contributed by atoms with Crippen molar-refractivity contribution in [2.75, 3.05) is 12.4 Å². The molecule has 0 aromatic carbocycles. The standard InChI is InChI=1S/C22H27N5O2S/c1-13(18-20(29)26-22(27(18)4)8-6-5-7-9-22)10-16(11-28)25-19-17-14(2)15(3)30-21(17)24-12-23-19/h10-12H,5-9H2,1-4H3,(H,26,29)(H,23,24,25)/b16-10+,18-13-. The molecule has 1 saturated carbocycles. The molecule has 1 saturated heterocycles. The number of allylic oxidation sites excluding steroid dienone is 3. The Morgan fingerprint density at radius 3 is 2.70 bits per heavy atom. The molecule has 2 fully saturated rings. The van der Waals surface area contributed by atoms with Crippen molar-refractivity contribution < 1.29 is 9.59 Å². The molecular formula is C22H27N5O2S. The lowest BCUT2D eigenvalue weighted by Crippen LogP contribution is -2.51. The summed E-state index contributed by atoms with van der Waals surface area (Å²) in [5, 5.41) is 7.27. The number of hydrogen-bond acceptors (Lipinski definition) is 7. The van der Waals surface area contributed by atoms with Crippen molar-refractivity contribution in [2.45, 2.75) is 58.5 Å². The number of thiophene rings is 1. The van der Waals surface area contributed by atoms with Crippen molar-refractivity contribution in [2.24, 2.45) is 0 Å². The number of nitrogens with zero attached hydrogens (tertiary/aromatic N) is 3. The van der Waals surface area contributed by atoms with E-state index < -0.39 is 0 Å². The van der Waals surface area contributed by atoms with Gasteiger partial charge in [0, 0.05) is 11.9 Å². The smallest absolute Gasteiger partial charge is 0.269 e. The van der Waals surface area contributed by atoms with E-state index >= 15 is 0 Å². The maximum atomic E-state index is 12.8. The normalized spacial score (nSPS) is 20.6. The van der Waals surface area contributed by atoms with Crippen molar-refractivity contribution in [3.63, 3.8) is 0 Å². The van der Waals surface area contributed by atoms with Crippen LogP contribution >= 0.6 is 11.3 Å². The van der Waals surface area contributed by atoms with Crippen molar-refractivity contribution in [3.8, 4) is 0 Å². The number of aldehydes is 1. The van der Waals surface area contributed by atoms with Crippen molar-refractivity contribution in [3.05, 3.63) is 39.8 Å². The van der Waals surface area contributed by atoms with Gasteiger partial charge in [-0.25, -0.2) is 9.97 Å². The van der Waals surface area contributed by atoms with Crippen LogP contribution in [0.1, 0.15) is 49.5 Å². The summed E-state index contributed by atoms with van der Waals surface area (Å²) in [5.41, 5.74) is 2.53. The first-order valence-electron chi connectivity index (χ1n) is 10.3. The maximum Gasteiger partial charge on any atom is 0.269 e. The average Bonchev–Trinajstić information content (AvgIpc) is 3.14. The van der Waals surface area contributed by atoms with Gasteiger partial charge in [-0.1, -0.05) is 6.42 Å². The summed E-state index contributed by atoms with van der Waals surface area (Å²) >= 11 is 1.61. The highest BCUT2D eigenvalue weighted by molar-refractivity contribution is 7.18. The molecule has 0 atom stereocenters. The number of hydrogen-bond donors (Lipinski definition) is 2. The molecule has 1 amide bonds. The summed E-state index contributed by atoms with van der Waals surface area (Å²) in [6, 6.07) is 0. The molecule has 2 aliphatic rings. The third-order valence-electron chi connectivity index (χ3n) is 6.32. The Bertz CT molecular complexity index is 1080. The van der Waals surface area contributed by atoms with Gasteiger partial charge in [0.1, 0.15) is 28.3 Å². The third kappa shape index (κ3) is 3.39. The Morgan fingerprint density at radius 2 is 2.00 bits per heavy atom. The molecule has 1 aliphatic carbocycles. The van der Waals surface area contributed by atoms with Crippen LogP contribution in [-0.2, 0) is 9.59 Å². The van der Waals surface area contributed by atoms with E-state index in [9.17, 15) is 9.59 Å². The van der Waals surface area contributed by atoms with Gasteiger partial charge in [-0.2, -0.15) is 0 Å². The Morgan fingerprint density at radius 1 is 1.27 bits per heavy atom. The zero-order chi connectivity index (χ0) is 21.5. The first-order valence-corrected chi connectivity index (χ1v) is 11.1. The van der Waals surface area contributed by atoms with Gasteiger partial charge in [0.15, 0.2) is 6.29 Å². The van der Waals surface area contributed by atoms with Crippen LogP contribution in [0.5, 0.6) is 0 Å². The number of carbonyl (C=O) groups excluding carboxylic acids is 2. The highest BCUT2D eigenvalue weighted by atomic mass is 32.1. The number of likely N-dealkylation sites (N-methyl/N-ethyl adjacent to an activating group) is 1. The molecule has 0 unspecified atom stereocenters. The molecule has 0 bridgehead atoms. The first-order chi connectivity index (χ1) is 14.4. The fraction of sp³-hybridized carbons (Fsp3) is 0.455. The summed E-state index contributed by atoms with van der Waals surface area (Å²) in [5.74, 6) is 0.526. The largest absolute Gasteiger partial charge is 0.347 e. The Kier molecular flexibility index (Phi) is 5.36. The average molecular weight is 426 g/mol. The lowest BCUT2D eigenvalue weighted by molar-refractivity contribution is -0.117. The number of carbonyl (C=O) groups is 2. The minimum atomic E-state index is -0.293. The van der Waals surface area contributed by atoms with Crippen molar-refractivity contribution in [1.82, 2.24) is 20.2 Å². The van der Waals surface area contributed by atoms with Gasteiger partial charge in [-0.3, -0.25) is 9.59 Å².